The number of carbonyl (C=O) groups is 1. The molecule has 94 valence electrons. The Hall–Kier alpha value is -1.44. The molecule has 0 saturated heterocycles. The van der Waals surface area contributed by atoms with E-state index >= 15 is 0 Å². The standard InChI is InChI=1S/C8H3ClF5NO2/c9-6-3(2-16)5(7(10)11)4(1-15-6)17-8(12,13)14/h1-2,7H. The number of hydrogen-bond acceptors (Lipinski definition) is 3. The van der Waals surface area contributed by atoms with Crippen LogP contribution in [0.4, 0.5) is 22.0 Å². The fraction of sp³-hybridized carbons (Fsp3) is 0.250. The van der Waals surface area contributed by atoms with Crippen LogP contribution in [0.15, 0.2) is 6.20 Å². The molecule has 1 heterocycles. The number of rotatable bonds is 3. The zero-order valence-electron chi connectivity index (χ0n) is 7.76. The van der Waals surface area contributed by atoms with Gasteiger partial charge in [-0.05, 0) is 0 Å². The van der Waals surface area contributed by atoms with E-state index in [1.165, 1.54) is 0 Å². The molecule has 0 fully saturated rings. The first kappa shape index (κ1) is 13.6. The highest BCUT2D eigenvalue weighted by Gasteiger charge is 2.34. The van der Waals surface area contributed by atoms with Gasteiger partial charge in [-0.2, -0.15) is 0 Å². The van der Waals surface area contributed by atoms with Crippen molar-refractivity contribution in [2.75, 3.05) is 0 Å². The molecule has 0 unspecified atom stereocenters. The van der Waals surface area contributed by atoms with Crippen molar-refractivity contribution in [2.24, 2.45) is 0 Å². The Labute approximate surface area is 96.2 Å². The molecule has 0 aromatic carbocycles. The van der Waals surface area contributed by atoms with E-state index in [1.807, 2.05) is 0 Å². The summed E-state index contributed by atoms with van der Waals surface area (Å²) in [6.07, 6.45) is -8.25. The number of hydrogen-bond donors (Lipinski definition) is 0. The van der Waals surface area contributed by atoms with Gasteiger partial charge in [0.2, 0.25) is 0 Å². The topological polar surface area (TPSA) is 39.2 Å². The van der Waals surface area contributed by atoms with E-state index in [4.69, 9.17) is 11.6 Å². The van der Waals surface area contributed by atoms with Gasteiger partial charge < -0.3 is 4.74 Å². The molecule has 0 radical (unpaired) electrons. The van der Waals surface area contributed by atoms with Crippen LogP contribution in [0.3, 0.4) is 0 Å². The maximum absolute atomic E-state index is 12.5. The average molecular weight is 276 g/mol. The van der Waals surface area contributed by atoms with Crippen molar-refractivity contribution in [1.82, 2.24) is 4.98 Å². The number of aromatic nitrogens is 1. The van der Waals surface area contributed by atoms with E-state index < -0.39 is 34.8 Å². The van der Waals surface area contributed by atoms with Gasteiger partial charge in [0.15, 0.2) is 12.0 Å². The fourth-order valence-corrected chi connectivity index (χ4v) is 1.24. The van der Waals surface area contributed by atoms with Crippen LogP contribution in [0.1, 0.15) is 22.3 Å². The second-order valence-electron chi connectivity index (χ2n) is 2.71. The van der Waals surface area contributed by atoms with Gasteiger partial charge in [0.05, 0.1) is 17.3 Å². The van der Waals surface area contributed by atoms with Crippen molar-refractivity contribution in [2.45, 2.75) is 12.8 Å². The third-order valence-corrected chi connectivity index (χ3v) is 1.94. The Morgan fingerprint density at radius 2 is 2.00 bits per heavy atom. The zero-order valence-corrected chi connectivity index (χ0v) is 8.52. The molecular weight excluding hydrogens is 273 g/mol. The number of ether oxygens (including phenoxy) is 1. The summed E-state index contributed by atoms with van der Waals surface area (Å²) in [6.45, 7) is 0. The Morgan fingerprint density at radius 3 is 2.41 bits per heavy atom. The number of halogens is 6. The van der Waals surface area contributed by atoms with Crippen LogP contribution < -0.4 is 4.74 Å². The minimum Gasteiger partial charge on any atom is -0.404 e. The lowest BCUT2D eigenvalue weighted by molar-refractivity contribution is -0.275. The lowest BCUT2D eigenvalue weighted by atomic mass is 10.1. The van der Waals surface area contributed by atoms with Gasteiger partial charge in [-0.1, -0.05) is 11.6 Å². The highest BCUT2D eigenvalue weighted by molar-refractivity contribution is 6.31. The Morgan fingerprint density at radius 1 is 1.41 bits per heavy atom. The lowest BCUT2D eigenvalue weighted by Crippen LogP contribution is -2.19. The highest BCUT2D eigenvalue weighted by Crippen LogP contribution is 2.36. The van der Waals surface area contributed by atoms with E-state index in [1.54, 1.807) is 0 Å². The maximum Gasteiger partial charge on any atom is 0.573 e. The summed E-state index contributed by atoms with van der Waals surface area (Å²) in [5.74, 6) is -1.25. The first-order chi connectivity index (χ1) is 7.76. The molecule has 9 heteroatoms. The third-order valence-electron chi connectivity index (χ3n) is 1.63. The smallest absolute Gasteiger partial charge is 0.404 e. The molecule has 1 aromatic heterocycles. The molecule has 0 aliphatic heterocycles. The predicted molar refractivity (Wildman–Crippen MR) is 46.3 cm³/mol. The number of carbonyl (C=O) groups excluding carboxylic acids is 1. The van der Waals surface area contributed by atoms with Crippen molar-refractivity contribution in [3.05, 3.63) is 22.5 Å². The van der Waals surface area contributed by atoms with E-state index in [-0.39, 0.29) is 6.29 Å². The lowest BCUT2D eigenvalue weighted by Gasteiger charge is -2.14. The third kappa shape index (κ3) is 3.26. The highest BCUT2D eigenvalue weighted by atomic mass is 35.5. The summed E-state index contributed by atoms with van der Waals surface area (Å²) >= 11 is 5.30. The van der Waals surface area contributed by atoms with Crippen LogP contribution in [0.2, 0.25) is 5.15 Å². The van der Waals surface area contributed by atoms with Gasteiger partial charge in [0.25, 0.3) is 6.43 Å². The van der Waals surface area contributed by atoms with E-state index in [9.17, 15) is 26.7 Å². The van der Waals surface area contributed by atoms with Gasteiger partial charge >= 0.3 is 6.36 Å². The average Bonchev–Trinajstić information content (AvgIpc) is 2.17. The molecule has 1 rings (SSSR count). The van der Waals surface area contributed by atoms with E-state index in [2.05, 4.69) is 9.72 Å². The molecule has 0 amide bonds. The molecule has 3 nitrogen and oxygen atoms in total. The largest absolute Gasteiger partial charge is 0.573 e. The van der Waals surface area contributed by atoms with Crippen LogP contribution in [0.5, 0.6) is 5.75 Å². The summed E-state index contributed by atoms with van der Waals surface area (Å²) in [5, 5.41) is -0.621. The maximum atomic E-state index is 12.5. The fourth-order valence-electron chi connectivity index (χ4n) is 1.04. The minimum atomic E-state index is -5.17. The summed E-state index contributed by atoms with van der Waals surface area (Å²) < 4.78 is 64.1. The first-order valence-electron chi connectivity index (χ1n) is 3.93. The van der Waals surface area contributed by atoms with Crippen LogP contribution >= 0.6 is 11.6 Å². The van der Waals surface area contributed by atoms with Gasteiger partial charge in [-0.25, -0.2) is 13.8 Å². The molecule has 0 saturated carbocycles. The molecular formula is C8H3ClF5NO2. The van der Waals surface area contributed by atoms with E-state index in [0.717, 1.165) is 0 Å². The van der Waals surface area contributed by atoms with Crippen LogP contribution in [0, 0.1) is 0 Å². The molecule has 0 N–H and O–H groups in total. The predicted octanol–water partition coefficient (Wildman–Crippen LogP) is 3.38. The number of alkyl halides is 5. The van der Waals surface area contributed by atoms with Gasteiger partial charge in [-0.15, -0.1) is 13.2 Å². The summed E-state index contributed by atoms with van der Waals surface area (Å²) in [5.41, 5.74) is -2.07. The Kier molecular flexibility index (Phi) is 3.87. The Bertz CT molecular complexity index is 435. The second-order valence-corrected chi connectivity index (χ2v) is 3.06. The minimum absolute atomic E-state index is 0.111. The summed E-state index contributed by atoms with van der Waals surface area (Å²) in [7, 11) is 0. The first-order valence-corrected chi connectivity index (χ1v) is 4.31. The monoisotopic (exact) mass is 275 g/mol. The second kappa shape index (κ2) is 4.82. The van der Waals surface area contributed by atoms with Crippen LogP contribution in [-0.2, 0) is 0 Å². The van der Waals surface area contributed by atoms with Gasteiger partial charge in [0.1, 0.15) is 5.15 Å². The van der Waals surface area contributed by atoms with Crippen molar-refractivity contribution in [3.63, 3.8) is 0 Å². The van der Waals surface area contributed by atoms with Gasteiger partial charge in [0, 0.05) is 0 Å². The van der Waals surface area contributed by atoms with Gasteiger partial charge in [-0.3, -0.25) is 4.79 Å². The van der Waals surface area contributed by atoms with Crippen molar-refractivity contribution in [3.8, 4) is 5.75 Å². The molecule has 0 spiro atoms. The van der Waals surface area contributed by atoms with Crippen molar-refractivity contribution < 1.29 is 31.5 Å². The SMILES string of the molecule is O=Cc1c(Cl)ncc(OC(F)(F)F)c1C(F)F. The Balaban J connectivity index is 3.35. The summed E-state index contributed by atoms with van der Waals surface area (Å²) in [4.78, 5) is 13.6. The zero-order chi connectivity index (χ0) is 13.2. The van der Waals surface area contributed by atoms with E-state index in [0.29, 0.717) is 6.20 Å². The molecule has 1 aromatic rings. The molecule has 17 heavy (non-hydrogen) atoms. The summed E-state index contributed by atoms with van der Waals surface area (Å²) in [6, 6.07) is 0. The normalized spacial score (nSPS) is 11.7. The van der Waals surface area contributed by atoms with Crippen LogP contribution in [-0.4, -0.2) is 17.6 Å². The van der Waals surface area contributed by atoms with Crippen molar-refractivity contribution >= 4 is 17.9 Å². The van der Waals surface area contributed by atoms with Crippen LogP contribution in [0.25, 0.3) is 0 Å². The molecule has 0 atom stereocenters. The quantitative estimate of drug-likeness (QED) is 0.482. The van der Waals surface area contributed by atoms with Crippen molar-refractivity contribution in [1.29, 1.82) is 0 Å². The molecule has 0 aliphatic carbocycles. The number of aldehydes is 1. The molecule has 0 bridgehead atoms. The number of nitrogens with zero attached hydrogens (tertiary/aromatic N) is 1. The number of pyridine rings is 1. The molecule has 0 aliphatic rings.